The third-order valence-corrected chi connectivity index (χ3v) is 1.77. The molecule has 0 aromatic carbocycles. The maximum atomic E-state index is 11.5. The fourth-order valence-electron chi connectivity index (χ4n) is 0.908. The standard InChI is InChI=1S/C9H12N2O/c1-7(6-10)9(12)8-2-4-11-5-3-8/h2-5,7H,6,10H2,1H3. The summed E-state index contributed by atoms with van der Waals surface area (Å²) in [6.07, 6.45) is 3.22. The van der Waals surface area contributed by atoms with Crippen molar-refractivity contribution in [3.05, 3.63) is 30.1 Å². The van der Waals surface area contributed by atoms with Crippen LogP contribution in [0.5, 0.6) is 0 Å². The highest BCUT2D eigenvalue weighted by atomic mass is 16.1. The van der Waals surface area contributed by atoms with Gasteiger partial charge in [0.1, 0.15) is 0 Å². The Morgan fingerprint density at radius 3 is 2.67 bits per heavy atom. The second-order valence-corrected chi connectivity index (χ2v) is 2.74. The second-order valence-electron chi connectivity index (χ2n) is 2.74. The highest BCUT2D eigenvalue weighted by Gasteiger charge is 2.12. The first kappa shape index (κ1) is 8.87. The molecule has 1 rings (SSSR count). The third kappa shape index (κ3) is 1.89. The van der Waals surface area contributed by atoms with Crippen LogP contribution in [0.4, 0.5) is 0 Å². The molecule has 0 aliphatic carbocycles. The van der Waals surface area contributed by atoms with Crippen LogP contribution in [-0.2, 0) is 0 Å². The number of carbonyl (C=O) groups is 1. The Hall–Kier alpha value is -1.22. The quantitative estimate of drug-likeness (QED) is 0.674. The van der Waals surface area contributed by atoms with Crippen molar-refractivity contribution in [2.24, 2.45) is 11.7 Å². The van der Waals surface area contributed by atoms with E-state index in [0.29, 0.717) is 12.1 Å². The number of carbonyl (C=O) groups excluding carboxylic acids is 1. The number of aromatic nitrogens is 1. The zero-order chi connectivity index (χ0) is 8.97. The molecule has 1 unspecified atom stereocenters. The minimum Gasteiger partial charge on any atom is -0.330 e. The van der Waals surface area contributed by atoms with Crippen LogP contribution in [0.25, 0.3) is 0 Å². The van der Waals surface area contributed by atoms with Crippen LogP contribution in [0.1, 0.15) is 17.3 Å². The van der Waals surface area contributed by atoms with E-state index in [9.17, 15) is 4.79 Å². The topological polar surface area (TPSA) is 56.0 Å². The lowest BCUT2D eigenvalue weighted by Gasteiger charge is -2.05. The Balaban J connectivity index is 2.79. The van der Waals surface area contributed by atoms with E-state index >= 15 is 0 Å². The lowest BCUT2D eigenvalue weighted by Crippen LogP contribution is -2.20. The van der Waals surface area contributed by atoms with Gasteiger partial charge < -0.3 is 5.73 Å². The Kier molecular flexibility index (Phi) is 2.94. The summed E-state index contributed by atoms with van der Waals surface area (Å²) >= 11 is 0. The first-order chi connectivity index (χ1) is 5.75. The van der Waals surface area contributed by atoms with Crippen molar-refractivity contribution in [1.29, 1.82) is 0 Å². The smallest absolute Gasteiger partial charge is 0.167 e. The highest BCUT2D eigenvalue weighted by Crippen LogP contribution is 2.05. The van der Waals surface area contributed by atoms with Gasteiger partial charge in [0.15, 0.2) is 5.78 Å². The first-order valence-corrected chi connectivity index (χ1v) is 3.90. The molecular weight excluding hydrogens is 152 g/mol. The number of pyridine rings is 1. The van der Waals surface area contributed by atoms with Gasteiger partial charge >= 0.3 is 0 Å². The van der Waals surface area contributed by atoms with Gasteiger partial charge in [-0.15, -0.1) is 0 Å². The summed E-state index contributed by atoms with van der Waals surface area (Å²) in [5, 5.41) is 0. The van der Waals surface area contributed by atoms with Gasteiger partial charge in [0.25, 0.3) is 0 Å². The lowest BCUT2D eigenvalue weighted by molar-refractivity contribution is 0.0934. The molecule has 0 spiro atoms. The van der Waals surface area contributed by atoms with Gasteiger partial charge in [-0.3, -0.25) is 9.78 Å². The van der Waals surface area contributed by atoms with Crippen molar-refractivity contribution in [2.45, 2.75) is 6.92 Å². The van der Waals surface area contributed by atoms with Crippen LogP contribution in [0.3, 0.4) is 0 Å². The van der Waals surface area contributed by atoms with E-state index in [1.807, 2.05) is 6.92 Å². The summed E-state index contributed by atoms with van der Waals surface area (Å²) in [5.41, 5.74) is 6.06. The van der Waals surface area contributed by atoms with Gasteiger partial charge in [0.05, 0.1) is 0 Å². The number of nitrogens with two attached hydrogens (primary N) is 1. The molecule has 0 aliphatic heterocycles. The minimum absolute atomic E-state index is 0.0832. The predicted molar refractivity (Wildman–Crippen MR) is 46.8 cm³/mol. The average molecular weight is 164 g/mol. The zero-order valence-electron chi connectivity index (χ0n) is 7.03. The Bertz CT molecular complexity index is 258. The summed E-state index contributed by atoms with van der Waals surface area (Å²) in [6, 6.07) is 3.41. The van der Waals surface area contributed by atoms with Gasteiger partial charge in [0.2, 0.25) is 0 Å². The molecule has 64 valence electrons. The van der Waals surface area contributed by atoms with Crippen molar-refractivity contribution in [2.75, 3.05) is 6.54 Å². The van der Waals surface area contributed by atoms with Crippen LogP contribution >= 0.6 is 0 Å². The summed E-state index contributed by atoms with van der Waals surface area (Å²) in [5.74, 6) is -0.0210. The maximum absolute atomic E-state index is 11.5. The number of rotatable bonds is 3. The summed E-state index contributed by atoms with van der Waals surface area (Å²) in [7, 11) is 0. The lowest BCUT2D eigenvalue weighted by atomic mass is 10.0. The van der Waals surface area contributed by atoms with Gasteiger partial charge in [-0.05, 0) is 12.1 Å². The summed E-state index contributed by atoms with van der Waals surface area (Å²) in [4.78, 5) is 15.3. The van der Waals surface area contributed by atoms with E-state index < -0.39 is 0 Å². The molecular formula is C9H12N2O. The second kappa shape index (κ2) is 3.97. The van der Waals surface area contributed by atoms with Gasteiger partial charge in [-0.25, -0.2) is 0 Å². The van der Waals surface area contributed by atoms with Crippen LogP contribution in [0.15, 0.2) is 24.5 Å². The molecule has 1 aromatic rings. The molecule has 2 N–H and O–H groups in total. The summed E-state index contributed by atoms with van der Waals surface area (Å²) < 4.78 is 0. The largest absolute Gasteiger partial charge is 0.330 e. The fourth-order valence-corrected chi connectivity index (χ4v) is 0.908. The van der Waals surface area contributed by atoms with E-state index in [-0.39, 0.29) is 11.7 Å². The van der Waals surface area contributed by atoms with Crippen molar-refractivity contribution >= 4 is 5.78 Å². The van der Waals surface area contributed by atoms with Crippen molar-refractivity contribution in [3.8, 4) is 0 Å². The number of hydrogen-bond donors (Lipinski definition) is 1. The Morgan fingerprint density at radius 1 is 1.58 bits per heavy atom. The molecule has 3 heteroatoms. The molecule has 0 radical (unpaired) electrons. The van der Waals surface area contributed by atoms with Gasteiger partial charge in [-0.1, -0.05) is 6.92 Å². The molecule has 0 aliphatic rings. The fraction of sp³-hybridized carbons (Fsp3) is 0.333. The average Bonchev–Trinajstić information content (AvgIpc) is 2.17. The van der Waals surface area contributed by atoms with Gasteiger partial charge in [-0.2, -0.15) is 0 Å². The van der Waals surface area contributed by atoms with Crippen molar-refractivity contribution in [1.82, 2.24) is 4.98 Å². The maximum Gasteiger partial charge on any atom is 0.167 e. The number of ketones is 1. The van der Waals surface area contributed by atoms with Gasteiger partial charge in [0, 0.05) is 30.4 Å². The molecule has 0 bridgehead atoms. The molecule has 12 heavy (non-hydrogen) atoms. The van der Waals surface area contributed by atoms with E-state index in [4.69, 9.17) is 5.73 Å². The van der Waals surface area contributed by atoms with E-state index in [0.717, 1.165) is 0 Å². The molecule has 1 heterocycles. The first-order valence-electron chi connectivity index (χ1n) is 3.90. The number of nitrogens with zero attached hydrogens (tertiary/aromatic N) is 1. The SMILES string of the molecule is CC(CN)C(=O)c1ccncc1. The highest BCUT2D eigenvalue weighted by molar-refractivity contribution is 5.97. The number of hydrogen-bond acceptors (Lipinski definition) is 3. The monoisotopic (exact) mass is 164 g/mol. The molecule has 0 fully saturated rings. The predicted octanol–water partition coefficient (Wildman–Crippen LogP) is 0.859. The molecule has 1 atom stereocenters. The van der Waals surface area contributed by atoms with Crippen LogP contribution in [0.2, 0.25) is 0 Å². The Morgan fingerprint density at radius 2 is 2.17 bits per heavy atom. The normalized spacial score (nSPS) is 12.5. The molecule has 0 saturated heterocycles. The molecule has 0 amide bonds. The van der Waals surface area contributed by atoms with Crippen molar-refractivity contribution < 1.29 is 4.79 Å². The zero-order valence-corrected chi connectivity index (χ0v) is 7.03. The Labute approximate surface area is 71.6 Å². The van der Waals surface area contributed by atoms with E-state index in [2.05, 4.69) is 4.98 Å². The third-order valence-electron chi connectivity index (χ3n) is 1.77. The minimum atomic E-state index is -0.104. The van der Waals surface area contributed by atoms with Crippen LogP contribution in [-0.4, -0.2) is 17.3 Å². The van der Waals surface area contributed by atoms with Crippen LogP contribution in [0, 0.1) is 5.92 Å². The van der Waals surface area contributed by atoms with Crippen molar-refractivity contribution in [3.63, 3.8) is 0 Å². The number of Topliss-reactive ketones (excluding diaryl/α,β-unsaturated/α-hetero) is 1. The summed E-state index contributed by atoms with van der Waals surface area (Å²) in [6.45, 7) is 2.21. The molecule has 1 aromatic heterocycles. The molecule has 3 nitrogen and oxygen atoms in total. The van der Waals surface area contributed by atoms with E-state index in [1.165, 1.54) is 0 Å². The van der Waals surface area contributed by atoms with Crippen LogP contribution < -0.4 is 5.73 Å². The molecule has 0 saturated carbocycles. The van der Waals surface area contributed by atoms with E-state index in [1.54, 1.807) is 24.5 Å².